The van der Waals surface area contributed by atoms with Crippen LogP contribution in [0.15, 0.2) is 41.4 Å². The molecule has 0 bridgehead atoms. The number of rotatable bonds is 6. The summed E-state index contributed by atoms with van der Waals surface area (Å²) in [6.07, 6.45) is 7.08. The van der Waals surface area contributed by atoms with Crippen LogP contribution in [-0.2, 0) is 11.3 Å². The predicted molar refractivity (Wildman–Crippen MR) is 123 cm³/mol. The SMILES string of the molecule is CCNC(=NCc1cccc(N2CC=CC2)c1)NCC1CCCOC1C(C)(C)C. The van der Waals surface area contributed by atoms with Crippen LogP contribution in [0, 0.1) is 11.3 Å². The lowest BCUT2D eigenvalue weighted by atomic mass is 9.78. The van der Waals surface area contributed by atoms with E-state index in [9.17, 15) is 0 Å². The van der Waals surface area contributed by atoms with Crippen molar-refractivity contribution >= 4 is 11.6 Å². The van der Waals surface area contributed by atoms with E-state index in [1.807, 2.05) is 0 Å². The number of nitrogens with zero attached hydrogens (tertiary/aromatic N) is 2. The smallest absolute Gasteiger partial charge is 0.191 e. The Morgan fingerprint density at radius 2 is 2.00 bits per heavy atom. The van der Waals surface area contributed by atoms with E-state index in [-0.39, 0.29) is 11.5 Å². The van der Waals surface area contributed by atoms with Gasteiger partial charge in [0, 0.05) is 44.4 Å². The highest BCUT2D eigenvalue weighted by Gasteiger charge is 2.35. The molecule has 160 valence electrons. The summed E-state index contributed by atoms with van der Waals surface area (Å²) in [5.74, 6) is 1.40. The van der Waals surface area contributed by atoms with Gasteiger partial charge in [0.1, 0.15) is 0 Å². The molecule has 1 aromatic carbocycles. The summed E-state index contributed by atoms with van der Waals surface area (Å²) in [6, 6.07) is 8.72. The Kier molecular flexibility index (Phi) is 7.59. The molecule has 5 heteroatoms. The van der Waals surface area contributed by atoms with Gasteiger partial charge in [0.2, 0.25) is 0 Å². The van der Waals surface area contributed by atoms with Crippen molar-refractivity contribution in [1.82, 2.24) is 10.6 Å². The van der Waals surface area contributed by atoms with Crippen LogP contribution in [0.25, 0.3) is 0 Å². The molecule has 0 radical (unpaired) electrons. The quantitative estimate of drug-likeness (QED) is 0.433. The maximum absolute atomic E-state index is 6.13. The molecule has 0 aliphatic carbocycles. The largest absolute Gasteiger partial charge is 0.377 e. The molecule has 2 atom stereocenters. The average molecular weight is 399 g/mol. The first-order valence-electron chi connectivity index (χ1n) is 11.1. The van der Waals surface area contributed by atoms with Gasteiger partial charge in [-0.25, -0.2) is 4.99 Å². The summed E-state index contributed by atoms with van der Waals surface area (Å²) in [7, 11) is 0. The van der Waals surface area contributed by atoms with Gasteiger partial charge in [0.15, 0.2) is 5.96 Å². The third kappa shape index (κ3) is 6.23. The second kappa shape index (κ2) is 10.1. The zero-order valence-electron chi connectivity index (χ0n) is 18.6. The fourth-order valence-corrected chi connectivity index (χ4v) is 4.29. The average Bonchev–Trinajstić information content (AvgIpc) is 3.25. The number of nitrogens with one attached hydrogen (secondary N) is 2. The molecule has 5 nitrogen and oxygen atoms in total. The van der Waals surface area contributed by atoms with Crippen molar-refractivity contribution in [2.24, 2.45) is 16.3 Å². The van der Waals surface area contributed by atoms with E-state index >= 15 is 0 Å². The first kappa shape index (κ1) is 21.7. The van der Waals surface area contributed by atoms with Crippen molar-refractivity contribution in [2.75, 3.05) is 37.7 Å². The van der Waals surface area contributed by atoms with Crippen LogP contribution in [0.1, 0.15) is 46.1 Å². The lowest BCUT2D eigenvalue weighted by Crippen LogP contribution is -2.47. The Balaban J connectivity index is 1.60. The molecule has 2 aliphatic heterocycles. The van der Waals surface area contributed by atoms with Crippen LogP contribution in [-0.4, -0.2) is 44.8 Å². The van der Waals surface area contributed by atoms with E-state index in [1.165, 1.54) is 17.7 Å². The molecule has 1 aromatic rings. The summed E-state index contributed by atoms with van der Waals surface area (Å²) in [5, 5.41) is 6.96. The third-order valence-corrected chi connectivity index (χ3v) is 5.69. The standard InChI is InChI=1S/C24H38N4O/c1-5-25-23(27-18-20-11-9-15-29-22(20)24(2,3)4)26-17-19-10-8-12-21(16-19)28-13-6-7-14-28/h6-8,10,12,16,20,22H,5,9,11,13-15,17-18H2,1-4H3,(H2,25,26,27). The van der Waals surface area contributed by atoms with Crippen LogP contribution in [0.5, 0.6) is 0 Å². The fourth-order valence-electron chi connectivity index (χ4n) is 4.29. The van der Waals surface area contributed by atoms with E-state index in [1.54, 1.807) is 0 Å². The minimum absolute atomic E-state index is 0.160. The van der Waals surface area contributed by atoms with Crippen molar-refractivity contribution in [1.29, 1.82) is 0 Å². The highest BCUT2D eigenvalue weighted by molar-refractivity contribution is 5.79. The van der Waals surface area contributed by atoms with Crippen molar-refractivity contribution in [2.45, 2.75) is 53.2 Å². The maximum atomic E-state index is 6.13. The lowest BCUT2D eigenvalue weighted by molar-refractivity contribution is -0.0835. The molecule has 0 spiro atoms. The van der Waals surface area contributed by atoms with Gasteiger partial charge in [-0.1, -0.05) is 45.1 Å². The van der Waals surface area contributed by atoms with E-state index < -0.39 is 0 Å². The maximum Gasteiger partial charge on any atom is 0.191 e. The Bertz CT molecular complexity index is 699. The highest BCUT2D eigenvalue weighted by atomic mass is 16.5. The van der Waals surface area contributed by atoms with Crippen LogP contribution in [0.2, 0.25) is 0 Å². The van der Waals surface area contributed by atoms with Crippen LogP contribution >= 0.6 is 0 Å². The van der Waals surface area contributed by atoms with Gasteiger partial charge in [-0.3, -0.25) is 0 Å². The molecule has 2 aliphatic rings. The number of benzene rings is 1. The molecule has 1 saturated heterocycles. The molecule has 29 heavy (non-hydrogen) atoms. The van der Waals surface area contributed by atoms with Gasteiger partial charge in [-0.2, -0.15) is 0 Å². The lowest BCUT2D eigenvalue weighted by Gasteiger charge is -2.40. The summed E-state index contributed by atoms with van der Waals surface area (Å²) < 4.78 is 6.13. The van der Waals surface area contributed by atoms with E-state index in [0.29, 0.717) is 12.5 Å². The van der Waals surface area contributed by atoms with Gasteiger partial charge < -0.3 is 20.3 Å². The first-order chi connectivity index (χ1) is 14.0. The van der Waals surface area contributed by atoms with Crippen LogP contribution < -0.4 is 15.5 Å². The minimum atomic E-state index is 0.160. The topological polar surface area (TPSA) is 48.9 Å². The Morgan fingerprint density at radius 3 is 2.72 bits per heavy atom. The molecule has 3 rings (SSSR count). The zero-order valence-corrected chi connectivity index (χ0v) is 18.6. The second-order valence-electron chi connectivity index (χ2n) is 9.18. The molecule has 0 saturated carbocycles. The minimum Gasteiger partial charge on any atom is -0.377 e. The number of anilines is 1. The first-order valence-corrected chi connectivity index (χ1v) is 11.1. The third-order valence-electron chi connectivity index (χ3n) is 5.69. The van der Waals surface area contributed by atoms with E-state index in [0.717, 1.165) is 45.2 Å². The van der Waals surface area contributed by atoms with Crippen molar-refractivity contribution in [3.63, 3.8) is 0 Å². The predicted octanol–water partition coefficient (Wildman–Crippen LogP) is 3.96. The Hall–Kier alpha value is -2.01. The molecular formula is C24H38N4O. The number of aliphatic imine (C=N–C) groups is 1. The van der Waals surface area contributed by atoms with Gasteiger partial charge >= 0.3 is 0 Å². The van der Waals surface area contributed by atoms with Gasteiger partial charge in [0.05, 0.1) is 12.6 Å². The Morgan fingerprint density at radius 1 is 1.21 bits per heavy atom. The van der Waals surface area contributed by atoms with Crippen LogP contribution in [0.4, 0.5) is 5.69 Å². The Labute approximate surface area is 176 Å². The number of hydrogen-bond donors (Lipinski definition) is 2. The molecule has 2 heterocycles. The van der Waals surface area contributed by atoms with Gasteiger partial charge in [-0.05, 0) is 42.9 Å². The van der Waals surface area contributed by atoms with Crippen molar-refractivity contribution < 1.29 is 4.74 Å². The molecule has 2 N–H and O–H groups in total. The normalized spacial score (nSPS) is 22.8. The van der Waals surface area contributed by atoms with Crippen LogP contribution in [0.3, 0.4) is 0 Å². The summed E-state index contributed by atoms with van der Waals surface area (Å²) >= 11 is 0. The molecular weight excluding hydrogens is 360 g/mol. The fraction of sp³-hybridized carbons (Fsp3) is 0.625. The molecule has 1 fully saturated rings. The summed E-state index contributed by atoms with van der Waals surface area (Å²) in [5.41, 5.74) is 2.67. The van der Waals surface area contributed by atoms with E-state index in [4.69, 9.17) is 9.73 Å². The second-order valence-corrected chi connectivity index (χ2v) is 9.18. The van der Waals surface area contributed by atoms with Crippen molar-refractivity contribution in [3.05, 3.63) is 42.0 Å². The molecule has 0 aromatic heterocycles. The molecule has 0 amide bonds. The molecule has 2 unspecified atom stereocenters. The highest BCUT2D eigenvalue weighted by Crippen LogP contribution is 2.33. The summed E-state index contributed by atoms with van der Waals surface area (Å²) in [6.45, 7) is 14.2. The van der Waals surface area contributed by atoms with Crippen molar-refractivity contribution in [3.8, 4) is 0 Å². The van der Waals surface area contributed by atoms with Gasteiger partial charge in [0.25, 0.3) is 0 Å². The number of hydrogen-bond acceptors (Lipinski definition) is 3. The number of guanidine groups is 1. The summed E-state index contributed by atoms with van der Waals surface area (Å²) in [4.78, 5) is 7.21. The van der Waals surface area contributed by atoms with Gasteiger partial charge in [-0.15, -0.1) is 0 Å². The monoisotopic (exact) mass is 398 g/mol. The number of ether oxygens (including phenoxy) is 1. The van der Waals surface area contributed by atoms with E-state index in [2.05, 4.69) is 79.6 Å². The zero-order chi connectivity index (χ0) is 20.7.